The molecule has 3 rings (SSSR count). The van der Waals surface area contributed by atoms with Crippen molar-refractivity contribution in [1.29, 1.82) is 0 Å². The van der Waals surface area contributed by atoms with Crippen LogP contribution in [-0.4, -0.2) is 16.1 Å². The van der Waals surface area contributed by atoms with Crippen LogP contribution < -0.4 is 9.64 Å². The molecule has 0 atom stereocenters. The van der Waals surface area contributed by atoms with Gasteiger partial charge in [0.25, 0.3) is 0 Å². The summed E-state index contributed by atoms with van der Waals surface area (Å²) >= 11 is 0. The predicted octanol–water partition coefficient (Wildman–Crippen LogP) is 3.44. The number of fused-ring (bicyclic) bond motifs is 2. The quantitative estimate of drug-likeness (QED) is 0.727. The summed E-state index contributed by atoms with van der Waals surface area (Å²) in [5, 5.41) is 18.5. The van der Waals surface area contributed by atoms with Crippen LogP contribution in [0.5, 0.6) is 23.0 Å². The minimum atomic E-state index is -1.57. The Kier molecular flexibility index (Phi) is 3.10. The van der Waals surface area contributed by atoms with E-state index >= 15 is 0 Å². The van der Waals surface area contributed by atoms with Crippen LogP contribution in [0.15, 0.2) is 12.1 Å². The number of ether oxygens (including phenoxy) is 1. The van der Waals surface area contributed by atoms with Crippen LogP contribution in [0, 0.1) is 23.3 Å². The molecule has 0 radical (unpaired) electrons. The third kappa shape index (κ3) is 1.96. The van der Waals surface area contributed by atoms with Crippen LogP contribution >= 0.6 is 0 Å². The number of benzene rings is 2. The van der Waals surface area contributed by atoms with E-state index in [0.717, 1.165) is 6.92 Å². The van der Waals surface area contributed by atoms with E-state index in [1.54, 1.807) is 0 Å². The molecule has 1 heterocycles. The van der Waals surface area contributed by atoms with Gasteiger partial charge in [0.05, 0.1) is 11.4 Å². The molecule has 5 nitrogen and oxygen atoms in total. The number of amides is 1. The number of hydrogen-bond acceptors (Lipinski definition) is 4. The Morgan fingerprint density at radius 2 is 1.35 bits per heavy atom. The zero-order chi connectivity index (χ0) is 17.0. The summed E-state index contributed by atoms with van der Waals surface area (Å²) in [5.41, 5.74) is -0.968. The summed E-state index contributed by atoms with van der Waals surface area (Å²) in [4.78, 5) is 12.4. The van der Waals surface area contributed by atoms with Gasteiger partial charge in [-0.2, -0.15) is 8.78 Å². The smallest absolute Gasteiger partial charge is 0.228 e. The molecule has 2 aromatic carbocycles. The molecule has 0 saturated heterocycles. The van der Waals surface area contributed by atoms with Gasteiger partial charge in [-0.15, -0.1) is 0 Å². The van der Waals surface area contributed by atoms with Gasteiger partial charge >= 0.3 is 0 Å². The van der Waals surface area contributed by atoms with Crippen molar-refractivity contribution < 1.29 is 37.3 Å². The standard InChI is InChI=1S/C14H7F4NO4/c1-4(20)19-7-2-5(15)11(21)9(17)13(7)23-14-8(19)3-6(16)12(22)10(14)18/h2-3,21-22H,1H3. The SMILES string of the molecule is CC(=O)N1c2cc(F)c(O)c(F)c2Oc2c1cc(F)c(O)c2F. The highest BCUT2D eigenvalue weighted by atomic mass is 19.1. The summed E-state index contributed by atoms with van der Waals surface area (Å²) in [6.07, 6.45) is 0. The number of hydrogen-bond donors (Lipinski definition) is 2. The Morgan fingerprint density at radius 3 is 1.70 bits per heavy atom. The fourth-order valence-corrected chi connectivity index (χ4v) is 2.25. The van der Waals surface area contributed by atoms with Gasteiger partial charge in [0.2, 0.25) is 17.5 Å². The molecule has 9 heteroatoms. The lowest BCUT2D eigenvalue weighted by Gasteiger charge is -2.31. The number of aromatic hydroxyl groups is 2. The molecule has 0 aliphatic carbocycles. The molecule has 23 heavy (non-hydrogen) atoms. The lowest BCUT2D eigenvalue weighted by atomic mass is 10.1. The van der Waals surface area contributed by atoms with Gasteiger partial charge in [-0.3, -0.25) is 9.69 Å². The number of rotatable bonds is 0. The van der Waals surface area contributed by atoms with E-state index in [0.29, 0.717) is 17.0 Å². The molecule has 2 N–H and O–H groups in total. The number of carbonyl (C=O) groups is 1. The van der Waals surface area contributed by atoms with Crippen molar-refractivity contribution in [3.63, 3.8) is 0 Å². The van der Waals surface area contributed by atoms with Gasteiger partial charge in [-0.25, -0.2) is 8.78 Å². The number of phenolic OH excluding ortho intramolecular Hbond substituents is 2. The molecular weight excluding hydrogens is 322 g/mol. The molecule has 0 spiro atoms. The fraction of sp³-hybridized carbons (Fsp3) is 0.0714. The van der Waals surface area contributed by atoms with Crippen molar-refractivity contribution in [1.82, 2.24) is 0 Å². The summed E-state index contributed by atoms with van der Waals surface area (Å²) in [6.45, 7) is 0.990. The number of carbonyl (C=O) groups excluding carboxylic acids is 1. The van der Waals surface area contributed by atoms with Crippen molar-refractivity contribution in [2.45, 2.75) is 6.92 Å². The number of anilines is 2. The van der Waals surface area contributed by atoms with E-state index in [-0.39, 0.29) is 0 Å². The predicted molar refractivity (Wildman–Crippen MR) is 68.9 cm³/mol. The van der Waals surface area contributed by atoms with E-state index in [9.17, 15) is 32.6 Å². The number of nitrogens with zero attached hydrogens (tertiary/aromatic N) is 1. The van der Waals surface area contributed by atoms with Gasteiger partial charge in [-0.05, 0) is 0 Å². The maximum Gasteiger partial charge on any atom is 0.228 e. The summed E-state index contributed by atoms with van der Waals surface area (Å²) < 4.78 is 59.9. The van der Waals surface area contributed by atoms with Crippen LogP contribution in [0.3, 0.4) is 0 Å². The van der Waals surface area contributed by atoms with E-state index < -0.39 is 63.5 Å². The Bertz CT molecular complexity index is 805. The van der Waals surface area contributed by atoms with Crippen molar-refractivity contribution >= 4 is 17.3 Å². The Balaban J connectivity index is 2.38. The first-order valence-corrected chi connectivity index (χ1v) is 6.14. The fourth-order valence-electron chi connectivity index (χ4n) is 2.25. The number of halogens is 4. The molecule has 1 amide bonds. The Hall–Kier alpha value is -2.97. The second-order valence-electron chi connectivity index (χ2n) is 4.69. The Labute approximate surface area is 125 Å². The minimum absolute atomic E-state index is 0.484. The van der Waals surface area contributed by atoms with E-state index in [1.165, 1.54) is 0 Å². The monoisotopic (exact) mass is 329 g/mol. The molecule has 0 unspecified atom stereocenters. The average Bonchev–Trinajstić information content (AvgIpc) is 2.49. The number of phenols is 2. The molecule has 0 aromatic heterocycles. The van der Waals surface area contributed by atoms with E-state index in [4.69, 9.17) is 4.74 Å². The molecule has 0 saturated carbocycles. The molecule has 2 aromatic rings. The third-order valence-corrected chi connectivity index (χ3v) is 3.26. The largest absolute Gasteiger partial charge is 0.503 e. The lowest BCUT2D eigenvalue weighted by Crippen LogP contribution is -2.27. The first-order chi connectivity index (χ1) is 10.7. The van der Waals surface area contributed by atoms with Crippen LogP contribution in [-0.2, 0) is 4.79 Å². The second-order valence-corrected chi connectivity index (χ2v) is 4.69. The van der Waals surface area contributed by atoms with Gasteiger partial charge in [0.1, 0.15) is 0 Å². The maximum atomic E-state index is 14.0. The Morgan fingerprint density at radius 1 is 0.957 bits per heavy atom. The van der Waals surface area contributed by atoms with Crippen molar-refractivity contribution in [2.75, 3.05) is 4.90 Å². The van der Waals surface area contributed by atoms with Crippen molar-refractivity contribution in [2.24, 2.45) is 0 Å². The highest BCUT2D eigenvalue weighted by molar-refractivity contribution is 6.03. The van der Waals surface area contributed by atoms with E-state index in [2.05, 4.69) is 0 Å². The van der Waals surface area contributed by atoms with Crippen LogP contribution in [0.1, 0.15) is 6.92 Å². The van der Waals surface area contributed by atoms with Crippen LogP contribution in [0.25, 0.3) is 0 Å². The summed E-state index contributed by atoms with van der Waals surface area (Å²) in [6, 6.07) is 1.17. The zero-order valence-electron chi connectivity index (χ0n) is 11.3. The van der Waals surface area contributed by atoms with Gasteiger partial charge < -0.3 is 14.9 Å². The van der Waals surface area contributed by atoms with Gasteiger partial charge in [0.15, 0.2) is 34.6 Å². The molecule has 1 aliphatic heterocycles. The van der Waals surface area contributed by atoms with Crippen molar-refractivity contribution in [3.8, 4) is 23.0 Å². The molecule has 0 bridgehead atoms. The summed E-state index contributed by atoms with van der Waals surface area (Å²) in [5.74, 6) is -11.2. The second kappa shape index (κ2) is 4.77. The maximum absolute atomic E-state index is 14.0. The van der Waals surface area contributed by atoms with Crippen LogP contribution in [0.2, 0.25) is 0 Å². The highest BCUT2D eigenvalue weighted by Crippen LogP contribution is 2.52. The zero-order valence-corrected chi connectivity index (χ0v) is 11.3. The van der Waals surface area contributed by atoms with Gasteiger partial charge in [-0.1, -0.05) is 0 Å². The minimum Gasteiger partial charge on any atom is -0.503 e. The van der Waals surface area contributed by atoms with Gasteiger partial charge in [0, 0.05) is 19.1 Å². The highest BCUT2D eigenvalue weighted by Gasteiger charge is 2.36. The van der Waals surface area contributed by atoms with Crippen LogP contribution in [0.4, 0.5) is 28.9 Å². The molecular formula is C14H7F4NO4. The molecule has 120 valence electrons. The summed E-state index contributed by atoms with van der Waals surface area (Å²) in [7, 11) is 0. The topological polar surface area (TPSA) is 70.0 Å². The molecule has 1 aliphatic rings. The first-order valence-electron chi connectivity index (χ1n) is 6.14. The average molecular weight is 329 g/mol. The third-order valence-electron chi connectivity index (χ3n) is 3.26. The van der Waals surface area contributed by atoms with E-state index in [1.807, 2.05) is 0 Å². The van der Waals surface area contributed by atoms with Crippen molar-refractivity contribution in [3.05, 3.63) is 35.4 Å². The molecule has 0 fully saturated rings. The lowest BCUT2D eigenvalue weighted by molar-refractivity contribution is -0.115. The first kappa shape index (κ1) is 14.9. The normalized spacial score (nSPS) is 12.5.